The number of alkyl halides is 3. The fraction of sp³-hybridized carbons (Fsp3) is 0.231. The molecule has 0 saturated heterocycles. The summed E-state index contributed by atoms with van der Waals surface area (Å²) in [6.45, 7) is 0.980. The van der Waals surface area contributed by atoms with Gasteiger partial charge in [0.1, 0.15) is 5.69 Å². The molecule has 0 amide bonds. The molecular formula is C13H11F3N2O2. The Morgan fingerprint density at radius 2 is 2.00 bits per heavy atom. The molecule has 1 aromatic carbocycles. The first-order chi connectivity index (χ1) is 9.32. The molecule has 20 heavy (non-hydrogen) atoms. The number of rotatable bonds is 2. The number of aliphatic hydroxyl groups is 1. The topological polar surface area (TPSA) is 55.1 Å². The number of hydrogen-bond acceptors (Lipinski definition) is 3. The molecule has 1 aromatic heterocycles. The van der Waals surface area contributed by atoms with Crippen LogP contribution in [0.4, 0.5) is 13.2 Å². The van der Waals surface area contributed by atoms with Crippen molar-refractivity contribution >= 4 is 0 Å². The van der Waals surface area contributed by atoms with Gasteiger partial charge in [0.2, 0.25) is 5.43 Å². The Kier molecular flexibility index (Phi) is 3.63. The number of aliphatic hydroxyl groups excluding tert-OH is 1. The van der Waals surface area contributed by atoms with Crippen molar-refractivity contribution in [2.24, 2.45) is 0 Å². The Morgan fingerprint density at radius 1 is 1.30 bits per heavy atom. The van der Waals surface area contributed by atoms with Crippen molar-refractivity contribution in [3.8, 4) is 5.69 Å². The molecule has 0 atom stereocenters. The molecule has 4 nitrogen and oxygen atoms in total. The molecule has 0 fully saturated rings. The first kappa shape index (κ1) is 14.3. The van der Waals surface area contributed by atoms with Gasteiger partial charge in [-0.05, 0) is 25.1 Å². The van der Waals surface area contributed by atoms with Crippen LogP contribution in [0.2, 0.25) is 0 Å². The number of halogens is 3. The zero-order valence-corrected chi connectivity index (χ0v) is 10.5. The largest absolute Gasteiger partial charge is 0.416 e. The number of hydrogen-bond donors (Lipinski definition) is 1. The summed E-state index contributed by atoms with van der Waals surface area (Å²) >= 11 is 0. The van der Waals surface area contributed by atoms with Crippen LogP contribution in [0.15, 0.2) is 35.1 Å². The van der Waals surface area contributed by atoms with E-state index < -0.39 is 23.8 Å². The van der Waals surface area contributed by atoms with Crippen LogP contribution in [-0.2, 0) is 12.8 Å². The van der Waals surface area contributed by atoms with E-state index in [1.807, 2.05) is 0 Å². The summed E-state index contributed by atoms with van der Waals surface area (Å²) in [5.74, 6) is 0. The lowest BCUT2D eigenvalue weighted by Gasteiger charge is -2.13. The zero-order valence-electron chi connectivity index (χ0n) is 10.5. The van der Waals surface area contributed by atoms with Gasteiger partial charge in [0.25, 0.3) is 0 Å². The van der Waals surface area contributed by atoms with Crippen LogP contribution in [0.3, 0.4) is 0 Å². The van der Waals surface area contributed by atoms with E-state index in [1.54, 1.807) is 6.92 Å². The highest BCUT2D eigenvalue weighted by Crippen LogP contribution is 2.30. The minimum atomic E-state index is -4.46. The minimum Gasteiger partial charge on any atom is -0.390 e. The van der Waals surface area contributed by atoms with Crippen molar-refractivity contribution in [3.63, 3.8) is 0 Å². The van der Waals surface area contributed by atoms with Gasteiger partial charge in [-0.3, -0.25) is 4.79 Å². The number of aromatic nitrogens is 2. The van der Waals surface area contributed by atoms with E-state index in [2.05, 4.69) is 5.10 Å². The Bertz CT molecular complexity index is 693. The van der Waals surface area contributed by atoms with E-state index in [1.165, 1.54) is 22.9 Å². The summed E-state index contributed by atoms with van der Waals surface area (Å²) < 4.78 is 39.2. The highest BCUT2D eigenvalue weighted by atomic mass is 19.4. The lowest BCUT2D eigenvalue weighted by Crippen LogP contribution is -2.19. The molecule has 2 aromatic rings. The van der Waals surface area contributed by atoms with Gasteiger partial charge in [0.15, 0.2) is 0 Å². The third kappa shape index (κ3) is 2.72. The SMILES string of the molecule is Cc1cc(=O)c(CO)nn1-c1cccc(C(F)(F)F)c1. The number of aryl methyl sites for hydroxylation is 1. The van der Waals surface area contributed by atoms with E-state index in [-0.39, 0.29) is 11.4 Å². The predicted molar refractivity (Wildman–Crippen MR) is 65.5 cm³/mol. The highest BCUT2D eigenvalue weighted by Gasteiger charge is 2.30. The van der Waals surface area contributed by atoms with Crippen LogP contribution < -0.4 is 5.43 Å². The minimum absolute atomic E-state index is 0.118. The van der Waals surface area contributed by atoms with Crippen LogP contribution in [0.25, 0.3) is 5.69 Å². The van der Waals surface area contributed by atoms with Gasteiger partial charge in [0, 0.05) is 11.8 Å². The molecule has 7 heteroatoms. The molecule has 106 valence electrons. The molecule has 0 bridgehead atoms. The molecule has 0 aliphatic rings. The van der Waals surface area contributed by atoms with Gasteiger partial charge in [-0.1, -0.05) is 6.07 Å². The maximum atomic E-state index is 12.7. The summed E-state index contributed by atoms with van der Waals surface area (Å²) in [5.41, 5.74) is -0.819. The van der Waals surface area contributed by atoms with Crippen molar-refractivity contribution < 1.29 is 18.3 Å². The second-order valence-electron chi connectivity index (χ2n) is 4.21. The van der Waals surface area contributed by atoms with E-state index >= 15 is 0 Å². The summed E-state index contributed by atoms with van der Waals surface area (Å²) in [5, 5.41) is 12.9. The summed E-state index contributed by atoms with van der Waals surface area (Å²) in [4.78, 5) is 11.5. The van der Waals surface area contributed by atoms with Gasteiger partial charge < -0.3 is 5.11 Å². The maximum absolute atomic E-state index is 12.7. The molecule has 0 aliphatic carbocycles. The molecule has 2 rings (SSSR count). The molecule has 1 heterocycles. The highest BCUT2D eigenvalue weighted by molar-refractivity contribution is 5.37. The molecule has 0 spiro atoms. The molecule has 0 aliphatic heterocycles. The summed E-state index contributed by atoms with van der Waals surface area (Å²) in [6.07, 6.45) is -4.46. The van der Waals surface area contributed by atoms with Crippen LogP contribution in [-0.4, -0.2) is 14.9 Å². The molecule has 1 N–H and O–H groups in total. The second-order valence-corrected chi connectivity index (χ2v) is 4.21. The van der Waals surface area contributed by atoms with Crippen LogP contribution >= 0.6 is 0 Å². The standard InChI is InChI=1S/C13H11F3N2O2/c1-8-5-12(20)11(7-19)17-18(8)10-4-2-3-9(6-10)13(14,15)16/h2-6,19H,7H2,1H3. The summed E-state index contributed by atoms with van der Waals surface area (Å²) in [7, 11) is 0. The summed E-state index contributed by atoms with van der Waals surface area (Å²) in [6, 6.07) is 5.82. The lowest BCUT2D eigenvalue weighted by atomic mass is 10.2. The average Bonchev–Trinajstić information content (AvgIpc) is 2.38. The van der Waals surface area contributed by atoms with Crippen molar-refractivity contribution in [2.75, 3.05) is 0 Å². The van der Waals surface area contributed by atoms with Gasteiger partial charge in [-0.25, -0.2) is 4.68 Å². The van der Waals surface area contributed by atoms with E-state index in [4.69, 9.17) is 5.11 Å². The number of benzene rings is 1. The first-order valence-electron chi connectivity index (χ1n) is 5.71. The monoisotopic (exact) mass is 284 g/mol. The Morgan fingerprint density at radius 3 is 2.60 bits per heavy atom. The third-order valence-corrected chi connectivity index (χ3v) is 2.75. The van der Waals surface area contributed by atoms with Crippen molar-refractivity contribution in [3.05, 3.63) is 57.5 Å². The Hall–Kier alpha value is -2.15. The Balaban J connectivity index is 2.60. The van der Waals surface area contributed by atoms with Gasteiger partial charge >= 0.3 is 6.18 Å². The number of nitrogens with zero attached hydrogens (tertiary/aromatic N) is 2. The lowest BCUT2D eigenvalue weighted by molar-refractivity contribution is -0.137. The molecule has 0 unspecified atom stereocenters. The average molecular weight is 284 g/mol. The van der Waals surface area contributed by atoms with Crippen LogP contribution in [0.1, 0.15) is 17.0 Å². The van der Waals surface area contributed by atoms with Crippen LogP contribution in [0.5, 0.6) is 0 Å². The third-order valence-electron chi connectivity index (χ3n) is 2.75. The first-order valence-corrected chi connectivity index (χ1v) is 5.71. The van der Waals surface area contributed by atoms with E-state index in [0.29, 0.717) is 5.69 Å². The quantitative estimate of drug-likeness (QED) is 0.918. The van der Waals surface area contributed by atoms with Gasteiger partial charge in [-0.15, -0.1) is 0 Å². The predicted octanol–water partition coefficient (Wildman–Crippen LogP) is 2.05. The fourth-order valence-corrected chi connectivity index (χ4v) is 1.77. The molecular weight excluding hydrogens is 273 g/mol. The fourth-order valence-electron chi connectivity index (χ4n) is 1.77. The van der Waals surface area contributed by atoms with Crippen molar-refractivity contribution in [1.29, 1.82) is 0 Å². The molecule has 0 saturated carbocycles. The molecule has 0 radical (unpaired) electrons. The van der Waals surface area contributed by atoms with Crippen molar-refractivity contribution in [2.45, 2.75) is 19.7 Å². The Labute approximate surface area is 112 Å². The van der Waals surface area contributed by atoms with Gasteiger partial charge in [0.05, 0.1) is 17.9 Å². The second kappa shape index (κ2) is 5.09. The zero-order chi connectivity index (χ0) is 14.9. The maximum Gasteiger partial charge on any atom is 0.416 e. The van der Waals surface area contributed by atoms with E-state index in [9.17, 15) is 18.0 Å². The smallest absolute Gasteiger partial charge is 0.390 e. The van der Waals surface area contributed by atoms with E-state index in [0.717, 1.165) is 12.1 Å². The normalized spacial score (nSPS) is 11.7. The van der Waals surface area contributed by atoms with Crippen molar-refractivity contribution in [1.82, 2.24) is 9.78 Å². The van der Waals surface area contributed by atoms with Crippen LogP contribution in [0, 0.1) is 6.92 Å². The van der Waals surface area contributed by atoms with Gasteiger partial charge in [-0.2, -0.15) is 18.3 Å².